The molecule has 1 aromatic rings. The maximum atomic E-state index is 3.66. The van der Waals surface area contributed by atoms with Crippen molar-refractivity contribution in [1.82, 2.24) is 5.32 Å². The molecular weight excluding hydrogens is 178 g/mol. The average Bonchev–Trinajstić information content (AvgIpc) is 2.73. The first-order valence-corrected chi connectivity index (χ1v) is 5.95. The zero-order chi connectivity index (χ0) is 9.31. The second-order valence-electron chi connectivity index (χ2n) is 3.91. The van der Waals surface area contributed by atoms with Crippen LogP contribution >= 0.6 is 11.3 Å². The lowest BCUT2D eigenvalue weighted by Gasteiger charge is -2.27. The molecule has 72 valence electrons. The van der Waals surface area contributed by atoms with Gasteiger partial charge in [0, 0.05) is 10.4 Å². The average molecular weight is 195 g/mol. The zero-order valence-electron chi connectivity index (χ0n) is 8.39. The Labute approximate surface area is 84.2 Å². The van der Waals surface area contributed by atoms with Crippen LogP contribution in [0.4, 0.5) is 0 Å². The molecule has 13 heavy (non-hydrogen) atoms. The second-order valence-corrected chi connectivity index (χ2v) is 5.03. The fourth-order valence-electron chi connectivity index (χ4n) is 2.25. The molecule has 0 aliphatic carbocycles. The van der Waals surface area contributed by atoms with E-state index in [0.717, 1.165) is 0 Å². The van der Waals surface area contributed by atoms with Crippen LogP contribution in [0.3, 0.4) is 0 Å². The number of aryl methyl sites for hydroxylation is 1. The molecule has 0 aromatic carbocycles. The summed E-state index contributed by atoms with van der Waals surface area (Å²) in [7, 11) is 0. The number of thiophene rings is 1. The first-order valence-electron chi connectivity index (χ1n) is 5.07. The van der Waals surface area contributed by atoms with Crippen molar-refractivity contribution in [2.24, 2.45) is 0 Å². The van der Waals surface area contributed by atoms with E-state index in [-0.39, 0.29) is 0 Å². The van der Waals surface area contributed by atoms with E-state index in [0.29, 0.717) is 5.54 Å². The Bertz CT molecular complexity index is 284. The Balaban J connectivity index is 2.30. The Hall–Kier alpha value is -0.340. The third kappa shape index (κ3) is 1.53. The van der Waals surface area contributed by atoms with Gasteiger partial charge in [0.15, 0.2) is 0 Å². The van der Waals surface area contributed by atoms with E-state index >= 15 is 0 Å². The summed E-state index contributed by atoms with van der Waals surface area (Å²) in [6.07, 6.45) is 3.84. The van der Waals surface area contributed by atoms with Crippen LogP contribution in [0.5, 0.6) is 0 Å². The molecule has 2 heteroatoms. The van der Waals surface area contributed by atoms with Gasteiger partial charge in [-0.25, -0.2) is 0 Å². The number of rotatable bonds is 2. The van der Waals surface area contributed by atoms with Crippen LogP contribution in [0.15, 0.2) is 11.4 Å². The van der Waals surface area contributed by atoms with Gasteiger partial charge in [-0.05, 0) is 49.7 Å². The minimum Gasteiger partial charge on any atom is -0.307 e. The fourth-order valence-corrected chi connectivity index (χ4v) is 3.05. The van der Waals surface area contributed by atoms with Crippen LogP contribution in [0, 0.1) is 6.92 Å². The highest BCUT2D eigenvalue weighted by Gasteiger charge is 2.33. The Morgan fingerprint density at radius 3 is 2.92 bits per heavy atom. The molecule has 1 aliphatic heterocycles. The van der Waals surface area contributed by atoms with Crippen molar-refractivity contribution in [2.45, 2.75) is 38.6 Å². The van der Waals surface area contributed by atoms with Gasteiger partial charge in [0.25, 0.3) is 0 Å². The van der Waals surface area contributed by atoms with Crippen LogP contribution in [0.1, 0.15) is 36.6 Å². The smallest absolute Gasteiger partial charge is 0.0440 e. The number of hydrogen-bond donors (Lipinski definition) is 1. The van der Waals surface area contributed by atoms with E-state index in [4.69, 9.17) is 0 Å². The summed E-state index contributed by atoms with van der Waals surface area (Å²) < 4.78 is 0. The van der Waals surface area contributed by atoms with E-state index in [1.807, 2.05) is 11.3 Å². The molecule has 2 rings (SSSR count). The standard InChI is InChI=1S/C11H17NS/c1-3-11(5-4-6-12-11)10-7-9(2)13-8-10/h7-8,12H,3-6H2,1-2H3. The van der Waals surface area contributed by atoms with Gasteiger partial charge in [-0.1, -0.05) is 6.92 Å². The molecule has 0 amide bonds. The van der Waals surface area contributed by atoms with Crippen molar-refractivity contribution in [3.05, 3.63) is 21.9 Å². The fraction of sp³-hybridized carbons (Fsp3) is 0.636. The van der Waals surface area contributed by atoms with E-state index in [1.165, 1.54) is 36.2 Å². The van der Waals surface area contributed by atoms with Gasteiger partial charge in [0.05, 0.1) is 0 Å². The van der Waals surface area contributed by atoms with Crippen molar-refractivity contribution in [3.63, 3.8) is 0 Å². The number of nitrogens with one attached hydrogen (secondary N) is 1. The summed E-state index contributed by atoms with van der Waals surface area (Å²) in [4.78, 5) is 1.43. The molecule has 1 saturated heterocycles. The lowest BCUT2D eigenvalue weighted by Crippen LogP contribution is -2.35. The van der Waals surface area contributed by atoms with Gasteiger partial charge in [0.2, 0.25) is 0 Å². The summed E-state index contributed by atoms with van der Waals surface area (Å²) in [5.41, 5.74) is 1.82. The summed E-state index contributed by atoms with van der Waals surface area (Å²) >= 11 is 1.87. The summed E-state index contributed by atoms with van der Waals surface area (Å²) in [5, 5.41) is 5.97. The predicted octanol–water partition coefficient (Wildman–Crippen LogP) is 3.05. The Morgan fingerprint density at radius 1 is 1.62 bits per heavy atom. The van der Waals surface area contributed by atoms with Crippen molar-refractivity contribution in [1.29, 1.82) is 0 Å². The topological polar surface area (TPSA) is 12.0 Å². The third-order valence-corrected chi connectivity index (χ3v) is 3.99. The molecular formula is C11H17NS. The van der Waals surface area contributed by atoms with Crippen molar-refractivity contribution < 1.29 is 0 Å². The van der Waals surface area contributed by atoms with Gasteiger partial charge >= 0.3 is 0 Å². The van der Waals surface area contributed by atoms with Crippen LogP contribution < -0.4 is 5.32 Å². The van der Waals surface area contributed by atoms with Crippen LogP contribution in [0.25, 0.3) is 0 Å². The van der Waals surface area contributed by atoms with Gasteiger partial charge < -0.3 is 5.32 Å². The Kier molecular flexibility index (Phi) is 2.43. The van der Waals surface area contributed by atoms with Gasteiger partial charge in [0.1, 0.15) is 0 Å². The van der Waals surface area contributed by atoms with Gasteiger partial charge in [-0.15, -0.1) is 11.3 Å². The van der Waals surface area contributed by atoms with Crippen molar-refractivity contribution >= 4 is 11.3 Å². The second kappa shape index (κ2) is 3.43. The highest BCUT2D eigenvalue weighted by Crippen LogP contribution is 2.35. The van der Waals surface area contributed by atoms with Crippen molar-refractivity contribution in [2.75, 3.05) is 6.54 Å². The zero-order valence-corrected chi connectivity index (χ0v) is 9.21. The largest absolute Gasteiger partial charge is 0.307 e. The predicted molar refractivity (Wildman–Crippen MR) is 58.3 cm³/mol. The maximum Gasteiger partial charge on any atom is 0.0440 e. The van der Waals surface area contributed by atoms with E-state index < -0.39 is 0 Å². The van der Waals surface area contributed by atoms with E-state index in [9.17, 15) is 0 Å². The molecule has 1 unspecified atom stereocenters. The lowest BCUT2D eigenvalue weighted by molar-refractivity contribution is 0.377. The molecule has 0 spiro atoms. The molecule has 1 fully saturated rings. The molecule has 0 bridgehead atoms. The molecule has 0 saturated carbocycles. The quantitative estimate of drug-likeness (QED) is 0.765. The van der Waals surface area contributed by atoms with Crippen LogP contribution in [0.2, 0.25) is 0 Å². The lowest BCUT2D eigenvalue weighted by atomic mass is 9.88. The third-order valence-electron chi connectivity index (χ3n) is 3.13. The summed E-state index contributed by atoms with van der Waals surface area (Å²) in [6.45, 7) is 5.65. The summed E-state index contributed by atoms with van der Waals surface area (Å²) in [5.74, 6) is 0. The molecule has 1 atom stereocenters. The normalized spacial score (nSPS) is 28.2. The first-order chi connectivity index (χ1) is 6.27. The molecule has 0 radical (unpaired) electrons. The van der Waals surface area contributed by atoms with E-state index in [1.54, 1.807) is 0 Å². The maximum absolute atomic E-state index is 3.66. The van der Waals surface area contributed by atoms with Gasteiger partial charge in [-0.3, -0.25) is 0 Å². The molecule has 1 aromatic heterocycles. The summed E-state index contributed by atoms with van der Waals surface area (Å²) in [6, 6.07) is 2.34. The minimum absolute atomic E-state index is 0.310. The monoisotopic (exact) mass is 195 g/mol. The first kappa shape index (κ1) is 9.22. The molecule has 1 nitrogen and oxygen atoms in total. The van der Waals surface area contributed by atoms with Gasteiger partial charge in [-0.2, -0.15) is 0 Å². The van der Waals surface area contributed by atoms with Crippen LogP contribution in [-0.2, 0) is 5.54 Å². The molecule has 1 aliphatic rings. The highest BCUT2D eigenvalue weighted by atomic mass is 32.1. The highest BCUT2D eigenvalue weighted by molar-refractivity contribution is 7.10. The SMILES string of the molecule is CCC1(c2csc(C)c2)CCCN1. The minimum atomic E-state index is 0.310. The molecule has 1 N–H and O–H groups in total. The molecule has 2 heterocycles. The Morgan fingerprint density at radius 2 is 2.46 bits per heavy atom. The van der Waals surface area contributed by atoms with Crippen molar-refractivity contribution in [3.8, 4) is 0 Å². The van der Waals surface area contributed by atoms with Crippen LogP contribution in [-0.4, -0.2) is 6.54 Å². The van der Waals surface area contributed by atoms with E-state index in [2.05, 4.69) is 30.6 Å². The number of hydrogen-bond acceptors (Lipinski definition) is 2.